The normalized spacial score (nSPS) is 24.7. The summed E-state index contributed by atoms with van der Waals surface area (Å²) in [6, 6.07) is 9.04. The molecular formula is C22H30N4O3. The number of piperidine rings is 1. The molecule has 0 radical (unpaired) electrons. The van der Waals surface area contributed by atoms with Crippen molar-refractivity contribution in [2.45, 2.75) is 63.1 Å². The van der Waals surface area contributed by atoms with Crippen LogP contribution >= 0.6 is 0 Å². The van der Waals surface area contributed by atoms with Gasteiger partial charge in [0.15, 0.2) is 0 Å². The lowest BCUT2D eigenvalue weighted by Gasteiger charge is -2.40. The number of imide groups is 1. The summed E-state index contributed by atoms with van der Waals surface area (Å²) in [5.41, 5.74) is 0.377. The molecule has 2 aliphatic heterocycles. The third-order valence-corrected chi connectivity index (χ3v) is 6.81. The van der Waals surface area contributed by atoms with Gasteiger partial charge in [-0.1, -0.05) is 31.0 Å². The SMILES string of the molecule is CC(C(=O)N(C)C1CCCN(c2ccccc2)C1)N1C(=O)NC2(CCCC2)C1=O. The number of carbonyl (C=O) groups excluding carboxylic acids is 3. The number of amides is 4. The minimum atomic E-state index is -0.792. The Morgan fingerprint density at radius 3 is 2.55 bits per heavy atom. The second kappa shape index (κ2) is 7.69. The highest BCUT2D eigenvalue weighted by molar-refractivity contribution is 6.10. The third-order valence-electron chi connectivity index (χ3n) is 6.81. The molecule has 2 heterocycles. The Morgan fingerprint density at radius 1 is 1.17 bits per heavy atom. The lowest BCUT2D eigenvalue weighted by atomic mass is 9.97. The Kier molecular flexibility index (Phi) is 5.23. The van der Waals surface area contributed by atoms with Gasteiger partial charge in [0, 0.05) is 31.9 Å². The molecule has 4 amide bonds. The van der Waals surface area contributed by atoms with Gasteiger partial charge in [0.2, 0.25) is 5.91 Å². The van der Waals surface area contributed by atoms with Crippen molar-refractivity contribution < 1.29 is 14.4 Å². The minimum Gasteiger partial charge on any atom is -0.369 e. The smallest absolute Gasteiger partial charge is 0.325 e. The number of benzene rings is 1. The number of hydrogen-bond acceptors (Lipinski definition) is 4. The average Bonchev–Trinajstić information content (AvgIpc) is 3.31. The summed E-state index contributed by atoms with van der Waals surface area (Å²) < 4.78 is 0. The Labute approximate surface area is 172 Å². The highest BCUT2D eigenvalue weighted by atomic mass is 16.2. The van der Waals surface area contributed by atoms with Gasteiger partial charge in [0.05, 0.1) is 0 Å². The zero-order valence-corrected chi connectivity index (χ0v) is 17.3. The van der Waals surface area contributed by atoms with E-state index in [1.807, 2.05) is 18.2 Å². The molecule has 1 aromatic carbocycles. The largest absolute Gasteiger partial charge is 0.369 e. The predicted octanol–water partition coefficient (Wildman–Crippen LogP) is 2.37. The lowest BCUT2D eigenvalue weighted by Crippen LogP contribution is -2.55. The second-order valence-electron chi connectivity index (χ2n) is 8.60. The van der Waals surface area contributed by atoms with Gasteiger partial charge in [-0.3, -0.25) is 9.59 Å². The molecule has 7 heteroatoms. The van der Waals surface area contributed by atoms with Crippen molar-refractivity contribution in [1.29, 1.82) is 0 Å². The van der Waals surface area contributed by atoms with Gasteiger partial charge in [0.25, 0.3) is 5.91 Å². The van der Waals surface area contributed by atoms with E-state index in [-0.39, 0.29) is 17.9 Å². The standard InChI is InChI=1S/C22H30N4O3/c1-16(26-20(28)22(23-21(26)29)12-6-7-13-22)19(27)24(2)18-11-8-14-25(15-18)17-9-4-3-5-10-17/h3-5,9-10,16,18H,6-8,11-15H2,1-2H3,(H,23,29). The van der Waals surface area contributed by atoms with Gasteiger partial charge in [-0.2, -0.15) is 0 Å². The topological polar surface area (TPSA) is 73.0 Å². The van der Waals surface area contributed by atoms with Crippen LogP contribution in [0.4, 0.5) is 10.5 Å². The van der Waals surface area contributed by atoms with Crippen LogP contribution in [0.2, 0.25) is 0 Å². The highest BCUT2D eigenvalue weighted by Crippen LogP contribution is 2.36. The van der Waals surface area contributed by atoms with Crippen molar-refractivity contribution >= 4 is 23.5 Å². The first-order valence-electron chi connectivity index (χ1n) is 10.7. The van der Waals surface area contributed by atoms with Crippen molar-refractivity contribution in [1.82, 2.24) is 15.1 Å². The second-order valence-corrected chi connectivity index (χ2v) is 8.60. The number of urea groups is 1. The number of likely N-dealkylation sites (N-methyl/N-ethyl adjacent to an activating group) is 1. The van der Waals surface area contributed by atoms with Crippen molar-refractivity contribution in [2.75, 3.05) is 25.0 Å². The van der Waals surface area contributed by atoms with E-state index >= 15 is 0 Å². The van der Waals surface area contributed by atoms with E-state index in [2.05, 4.69) is 22.3 Å². The van der Waals surface area contributed by atoms with E-state index in [1.165, 1.54) is 0 Å². The molecule has 29 heavy (non-hydrogen) atoms. The zero-order valence-electron chi connectivity index (χ0n) is 17.3. The van der Waals surface area contributed by atoms with E-state index < -0.39 is 17.6 Å². The van der Waals surface area contributed by atoms with Gasteiger partial charge < -0.3 is 15.1 Å². The Hall–Kier alpha value is -2.57. The molecule has 1 aromatic rings. The molecule has 0 aromatic heterocycles. The molecule has 0 bridgehead atoms. The van der Waals surface area contributed by atoms with E-state index in [4.69, 9.17) is 0 Å². The summed E-state index contributed by atoms with van der Waals surface area (Å²) >= 11 is 0. The van der Waals surface area contributed by atoms with E-state index in [0.29, 0.717) is 12.8 Å². The Balaban J connectivity index is 1.44. The quantitative estimate of drug-likeness (QED) is 0.791. The predicted molar refractivity (Wildman–Crippen MR) is 110 cm³/mol. The molecule has 7 nitrogen and oxygen atoms in total. The zero-order chi connectivity index (χ0) is 20.6. The number of rotatable bonds is 4. The monoisotopic (exact) mass is 398 g/mol. The van der Waals surface area contributed by atoms with Gasteiger partial charge in [-0.15, -0.1) is 0 Å². The van der Waals surface area contributed by atoms with Crippen LogP contribution in [0, 0.1) is 0 Å². The summed E-state index contributed by atoms with van der Waals surface area (Å²) in [6.07, 6.45) is 5.11. The Bertz CT molecular complexity index is 791. The molecule has 1 spiro atoms. The van der Waals surface area contributed by atoms with Crippen LogP contribution in [0.15, 0.2) is 30.3 Å². The van der Waals surface area contributed by atoms with Crippen molar-refractivity contribution in [3.8, 4) is 0 Å². The van der Waals surface area contributed by atoms with E-state index in [9.17, 15) is 14.4 Å². The van der Waals surface area contributed by atoms with Gasteiger partial charge in [0.1, 0.15) is 11.6 Å². The van der Waals surface area contributed by atoms with E-state index in [1.54, 1.807) is 18.9 Å². The van der Waals surface area contributed by atoms with Crippen molar-refractivity contribution in [3.63, 3.8) is 0 Å². The van der Waals surface area contributed by atoms with Crippen LogP contribution in [0.5, 0.6) is 0 Å². The number of para-hydroxylation sites is 1. The molecule has 1 saturated carbocycles. The van der Waals surface area contributed by atoms with Gasteiger partial charge in [-0.05, 0) is 44.7 Å². The van der Waals surface area contributed by atoms with Crippen LogP contribution < -0.4 is 10.2 Å². The number of nitrogens with one attached hydrogen (secondary N) is 1. The summed E-state index contributed by atoms with van der Waals surface area (Å²) in [4.78, 5) is 43.9. The van der Waals surface area contributed by atoms with Gasteiger partial charge >= 0.3 is 6.03 Å². The summed E-state index contributed by atoms with van der Waals surface area (Å²) in [6.45, 7) is 3.39. The fraction of sp³-hybridized carbons (Fsp3) is 0.591. The van der Waals surface area contributed by atoms with Crippen molar-refractivity contribution in [2.24, 2.45) is 0 Å². The summed E-state index contributed by atoms with van der Waals surface area (Å²) in [5.74, 6) is -0.410. The molecule has 2 saturated heterocycles. The number of nitrogens with zero attached hydrogens (tertiary/aromatic N) is 3. The number of carbonyl (C=O) groups is 3. The molecular weight excluding hydrogens is 368 g/mol. The lowest BCUT2D eigenvalue weighted by molar-refractivity contribution is -0.143. The highest BCUT2D eigenvalue weighted by Gasteiger charge is 2.54. The van der Waals surface area contributed by atoms with Crippen LogP contribution in [-0.2, 0) is 9.59 Å². The minimum absolute atomic E-state index is 0.0557. The fourth-order valence-electron chi connectivity index (χ4n) is 5.04. The molecule has 1 aliphatic carbocycles. The van der Waals surface area contributed by atoms with Crippen molar-refractivity contribution in [3.05, 3.63) is 30.3 Å². The molecule has 1 N–H and O–H groups in total. The van der Waals surface area contributed by atoms with Crippen LogP contribution in [0.3, 0.4) is 0 Å². The fourth-order valence-corrected chi connectivity index (χ4v) is 5.04. The molecule has 2 unspecified atom stereocenters. The number of hydrogen-bond donors (Lipinski definition) is 1. The molecule has 156 valence electrons. The average molecular weight is 399 g/mol. The van der Waals surface area contributed by atoms with Crippen LogP contribution in [-0.4, -0.2) is 65.4 Å². The first kappa shape index (κ1) is 19.7. The molecule has 3 aliphatic rings. The Morgan fingerprint density at radius 2 is 1.86 bits per heavy atom. The summed E-state index contributed by atoms with van der Waals surface area (Å²) in [5, 5.41) is 2.87. The van der Waals surface area contributed by atoms with Gasteiger partial charge in [-0.25, -0.2) is 9.69 Å². The first-order valence-corrected chi connectivity index (χ1v) is 10.7. The third kappa shape index (κ3) is 3.47. The first-order chi connectivity index (χ1) is 13.9. The number of anilines is 1. The molecule has 2 atom stereocenters. The molecule has 4 rings (SSSR count). The summed E-state index contributed by atoms with van der Waals surface area (Å²) in [7, 11) is 1.79. The maximum atomic E-state index is 13.2. The molecule has 3 fully saturated rings. The van der Waals surface area contributed by atoms with Crippen LogP contribution in [0.25, 0.3) is 0 Å². The van der Waals surface area contributed by atoms with Crippen LogP contribution in [0.1, 0.15) is 45.4 Å². The maximum Gasteiger partial charge on any atom is 0.325 e. The maximum absolute atomic E-state index is 13.2. The van der Waals surface area contributed by atoms with E-state index in [0.717, 1.165) is 49.4 Å².